The van der Waals surface area contributed by atoms with Crippen molar-refractivity contribution in [3.05, 3.63) is 72.8 Å². The Morgan fingerprint density at radius 2 is 1.68 bits per heavy atom. The normalized spacial score (nSPS) is 27.7. The van der Waals surface area contributed by atoms with Crippen LogP contribution in [-0.4, -0.2) is 58.1 Å². The number of nitrogens with one attached hydrogen (secondary N) is 2. The van der Waals surface area contributed by atoms with E-state index >= 15 is 0 Å². The van der Waals surface area contributed by atoms with E-state index < -0.39 is 35.6 Å². The van der Waals surface area contributed by atoms with Gasteiger partial charge in [0.05, 0.1) is 30.6 Å². The van der Waals surface area contributed by atoms with Gasteiger partial charge in [-0.2, -0.15) is 0 Å². The van der Waals surface area contributed by atoms with Crippen molar-refractivity contribution < 1.29 is 24.2 Å². The largest absolute Gasteiger partial charge is 0.394 e. The van der Waals surface area contributed by atoms with Crippen molar-refractivity contribution in [2.75, 3.05) is 17.2 Å². The maximum Gasteiger partial charge on any atom is 0.250 e. The summed E-state index contributed by atoms with van der Waals surface area (Å²) in [6.07, 6.45) is 1.15. The molecular formula is C32H35N3O5. The SMILES string of the molecule is CC(C)C[C@H](CO)N1C(=O)[C@@H]2[C@@H](C(=O)Nc3ccccc3)[C@H]3CCC2(O3)C1C(=O)Nc1ccc2ccccc2c1. The van der Waals surface area contributed by atoms with Crippen LogP contribution in [0.25, 0.3) is 10.8 Å². The summed E-state index contributed by atoms with van der Waals surface area (Å²) in [5, 5.41) is 18.4. The molecule has 2 unspecified atom stereocenters. The van der Waals surface area contributed by atoms with Crippen LogP contribution in [0.1, 0.15) is 33.1 Å². The summed E-state index contributed by atoms with van der Waals surface area (Å²) in [4.78, 5) is 43.5. The van der Waals surface area contributed by atoms with Crippen LogP contribution in [0.4, 0.5) is 11.4 Å². The molecule has 3 fully saturated rings. The molecule has 0 aliphatic carbocycles. The molecular weight excluding hydrogens is 506 g/mol. The minimum absolute atomic E-state index is 0.182. The fraction of sp³-hybridized carbons (Fsp3) is 0.406. The molecule has 8 nitrogen and oxygen atoms in total. The Morgan fingerprint density at radius 1 is 0.975 bits per heavy atom. The number of carbonyl (C=O) groups is 3. The Kier molecular flexibility index (Phi) is 6.84. The van der Waals surface area contributed by atoms with Crippen molar-refractivity contribution in [1.82, 2.24) is 4.90 Å². The molecule has 6 rings (SSSR count). The first-order valence-electron chi connectivity index (χ1n) is 14.1. The van der Waals surface area contributed by atoms with Gasteiger partial charge in [0.1, 0.15) is 11.6 Å². The lowest BCUT2D eigenvalue weighted by Crippen LogP contribution is -2.56. The number of anilines is 2. The number of fused-ring (bicyclic) bond motifs is 2. The van der Waals surface area contributed by atoms with Crippen molar-refractivity contribution in [3.8, 4) is 0 Å². The van der Waals surface area contributed by atoms with Crippen molar-refractivity contribution in [2.24, 2.45) is 17.8 Å². The van der Waals surface area contributed by atoms with E-state index in [9.17, 15) is 19.5 Å². The standard InChI is InChI=1S/C32H35N3O5/c1-19(2)16-24(18-36)35-28(30(38)34-23-13-12-20-8-6-7-9-21(20)17-23)32-15-14-25(40-32)26(27(32)31(35)39)29(37)33-22-10-4-3-5-11-22/h3-13,17,19,24-28,36H,14-16,18H2,1-2H3,(H,33,37)(H,34,38)/t24-,25-,26+,27+,28?,32?/m1/s1. The van der Waals surface area contributed by atoms with E-state index in [1.807, 2.05) is 74.5 Å². The van der Waals surface area contributed by atoms with Crippen molar-refractivity contribution in [3.63, 3.8) is 0 Å². The minimum Gasteiger partial charge on any atom is -0.394 e. The first kappa shape index (κ1) is 26.5. The average molecular weight is 542 g/mol. The van der Waals surface area contributed by atoms with Crippen LogP contribution in [0.2, 0.25) is 0 Å². The van der Waals surface area contributed by atoms with E-state index in [2.05, 4.69) is 10.6 Å². The van der Waals surface area contributed by atoms with Gasteiger partial charge in [-0.3, -0.25) is 14.4 Å². The van der Waals surface area contributed by atoms with Gasteiger partial charge in [-0.1, -0.05) is 62.4 Å². The van der Waals surface area contributed by atoms with Crippen molar-refractivity contribution in [1.29, 1.82) is 0 Å². The Labute approximate surface area is 233 Å². The number of benzene rings is 3. The molecule has 3 aliphatic heterocycles. The van der Waals surface area contributed by atoms with E-state index in [4.69, 9.17) is 4.74 Å². The van der Waals surface area contributed by atoms with Crippen LogP contribution in [0.3, 0.4) is 0 Å². The second-order valence-corrected chi connectivity index (χ2v) is 11.7. The van der Waals surface area contributed by atoms with Gasteiger partial charge in [0.25, 0.3) is 0 Å². The number of aliphatic hydroxyl groups is 1. The highest BCUT2D eigenvalue weighted by molar-refractivity contribution is 6.05. The summed E-state index contributed by atoms with van der Waals surface area (Å²) >= 11 is 0. The number of aliphatic hydroxyl groups excluding tert-OH is 1. The number of para-hydroxylation sites is 1. The van der Waals surface area contributed by atoms with Gasteiger partial charge in [-0.25, -0.2) is 0 Å². The lowest BCUT2D eigenvalue weighted by Gasteiger charge is -2.37. The van der Waals surface area contributed by atoms with E-state index in [0.29, 0.717) is 30.6 Å². The van der Waals surface area contributed by atoms with Gasteiger partial charge < -0.3 is 25.4 Å². The molecule has 0 aromatic heterocycles. The molecule has 3 N–H and O–H groups in total. The van der Waals surface area contributed by atoms with Crippen LogP contribution in [0.15, 0.2) is 72.8 Å². The third-order valence-corrected chi connectivity index (χ3v) is 8.70. The Balaban J connectivity index is 1.36. The number of hydrogen-bond acceptors (Lipinski definition) is 5. The molecule has 208 valence electrons. The minimum atomic E-state index is -1.13. The van der Waals surface area contributed by atoms with Gasteiger partial charge in [-0.05, 0) is 60.2 Å². The molecule has 6 atom stereocenters. The number of rotatable bonds is 8. The lowest BCUT2D eigenvalue weighted by molar-refractivity contribution is -0.143. The third kappa shape index (κ3) is 4.35. The average Bonchev–Trinajstić information content (AvgIpc) is 3.59. The molecule has 3 amide bonds. The maximum absolute atomic E-state index is 14.2. The van der Waals surface area contributed by atoms with Gasteiger partial charge in [0.15, 0.2) is 0 Å². The summed E-state index contributed by atoms with van der Waals surface area (Å²) in [6, 6.07) is 21.2. The third-order valence-electron chi connectivity index (χ3n) is 8.70. The number of ether oxygens (including phenoxy) is 1. The second-order valence-electron chi connectivity index (χ2n) is 11.7. The smallest absolute Gasteiger partial charge is 0.250 e. The summed E-state index contributed by atoms with van der Waals surface area (Å²) in [7, 11) is 0. The van der Waals surface area contributed by atoms with Gasteiger partial charge >= 0.3 is 0 Å². The number of likely N-dealkylation sites (tertiary alicyclic amines) is 1. The number of carbonyl (C=O) groups excluding carboxylic acids is 3. The predicted octanol–water partition coefficient (Wildman–Crippen LogP) is 4.20. The number of amides is 3. The highest BCUT2D eigenvalue weighted by Crippen LogP contribution is 2.59. The first-order chi connectivity index (χ1) is 19.3. The molecule has 8 heteroatoms. The fourth-order valence-electron chi connectivity index (χ4n) is 7.13. The highest BCUT2D eigenvalue weighted by Gasteiger charge is 2.75. The summed E-state index contributed by atoms with van der Waals surface area (Å²) in [6.45, 7) is 3.76. The maximum atomic E-state index is 14.2. The Morgan fingerprint density at radius 3 is 2.40 bits per heavy atom. The number of hydrogen-bond donors (Lipinski definition) is 3. The van der Waals surface area contributed by atoms with E-state index in [1.54, 1.807) is 12.1 Å². The van der Waals surface area contributed by atoms with Crippen molar-refractivity contribution in [2.45, 2.75) is 56.9 Å². The molecule has 3 aromatic rings. The molecule has 40 heavy (non-hydrogen) atoms. The quantitative estimate of drug-likeness (QED) is 0.396. The van der Waals surface area contributed by atoms with Crippen LogP contribution < -0.4 is 10.6 Å². The summed E-state index contributed by atoms with van der Waals surface area (Å²) in [5.41, 5.74) is 0.128. The van der Waals surface area contributed by atoms with Gasteiger partial charge in [0, 0.05) is 11.4 Å². The predicted molar refractivity (Wildman–Crippen MR) is 152 cm³/mol. The topological polar surface area (TPSA) is 108 Å². The van der Waals surface area contributed by atoms with E-state index in [-0.39, 0.29) is 30.2 Å². The Bertz CT molecular complexity index is 1440. The Hall–Kier alpha value is -3.75. The molecule has 0 radical (unpaired) electrons. The fourth-order valence-corrected chi connectivity index (χ4v) is 7.13. The molecule has 3 saturated heterocycles. The lowest BCUT2D eigenvalue weighted by atomic mass is 9.70. The molecule has 2 bridgehead atoms. The molecule has 3 aromatic carbocycles. The van der Waals surface area contributed by atoms with E-state index in [1.165, 1.54) is 4.90 Å². The van der Waals surface area contributed by atoms with Gasteiger partial charge in [0.2, 0.25) is 17.7 Å². The zero-order valence-electron chi connectivity index (χ0n) is 22.7. The molecule has 1 spiro atoms. The highest BCUT2D eigenvalue weighted by atomic mass is 16.5. The van der Waals surface area contributed by atoms with Gasteiger partial charge in [-0.15, -0.1) is 0 Å². The van der Waals surface area contributed by atoms with Crippen LogP contribution in [0, 0.1) is 17.8 Å². The molecule has 0 saturated carbocycles. The summed E-state index contributed by atoms with van der Waals surface area (Å²) < 4.78 is 6.53. The zero-order chi connectivity index (χ0) is 28.0. The molecule has 3 aliphatic rings. The molecule has 3 heterocycles. The van der Waals surface area contributed by atoms with Crippen molar-refractivity contribution >= 4 is 39.9 Å². The monoisotopic (exact) mass is 541 g/mol. The summed E-state index contributed by atoms with van der Waals surface area (Å²) in [5.74, 6) is -2.28. The first-order valence-corrected chi connectivity index (χ1v) is 14.1. The van der Waals surface area contributed by atoms with Crippen LogP contribution >= 0.6 is 0 Å². The van der Waals surface area contributed by atoms with E-state index in [0.717, 1.165) is 10.8 Å². The van der Waals surface area contributed by atoms with Crippen LogP contribution in [0.5, 0.6) is 0 Å². The second kappa shape index (κ2) is 10.3. The number of nitrogens with zero attached hydrogens (tertiary/aromatic N) is 1. The van der Waals surface area contributed by atoms with Crippen LogP contribution in [-0.2, 0) is 19.1 Å². The zero-order valence-corrected chi connectivity index (χ0v) is 22.7.